The fourth-order valence-electron chi connectivity index (χ4n) is 0.867. The van der Waals surface area contributed by atoms with Crippen molar-refractivity contribution in [2.75, 3.05) is 12.4 Å². The molecule has 0 aromatic carbocycles. The Bertz CT molecular complexity index is 263. The van der Waals surface area contributed by atoms with Crippen LogP contribution in [-0.4, -0.2) is 27.2 Å². The Balaban J connectivity index is 2.51. The average Bonchev–Trinajstić information content (AvgIpc) is 2.48. The number of rotatable bonds is 5. The van der Waals surface area contributed by atoms with Gasteiger partial charge in [-0.25, -0.2) is 0 Å². The number of halogens is 1. The first-order valence-corrected chi connectivity index (χ1v) is 5.05. The molecule has 0 radical (unpaired) electrons. The third-order valence-corrected chi connectivity index (χ3v) is 2.72. The predicted octanol–water partition coefficient (Wildman–Crippen LogP) is 0.725. The van der Waals surface area contributed by atoms with Crippen LogP contribution in [0.2, 0.25) is 0 Å². The second-order valence-corrected chi connectivity index (χ2v) is 3.62. The summed E-state index contributed by atoms with van der Waals surface area (Å²) in [5.74, 6) is 1.48. The van der Waals surface area contributed by atoms with Crippen molar-refractivity contribution in [2.24, 2.45) is 12.8 Å². The van der Waals surface area contributed by atoms with Crippen molar-refractivity contribution in [3.63, 3.8) is 0 Å². The molecule has 0 unspecified atom stereocenters. The van der Waals surface area contributed by atoms with Gasteiger partial charge in [-0.2, -0.15) is 0 Å². The van der Waals surface area contributed by atoms with Crippen LogP contribution in [-0.2, 0) is 13.6 Å². The van der Waals surface area contributed by atoms with Crippen LogP contribution in [0, 0.1) is 0 Å². The lowest BCUT2D eigenvalue weighted by atomic mass is 10.6. The molecule has 4 nitrogen and oxygen atoms in total. The Morgan fingerprint density at radius 3 is 2.85 bits per heavy atom. The maximum absolute atomic E-state index is 11.8. The van der Waals surface area contributed by atoms with Crippen molar-refractivity contribution in [2.45, 2.75) is 18.1 Å². The summed E-state index contributed by atoms with van der Waals surface area (Å²) in [6.07, 6.45) is 0.551. The van der Waals surface area contributed by atoms with E-state index in [9.17, 15) is 4.39 Å². The van der Waals surface area contributed by atoms with Crippen molar-refractivity contribution in [3.05, 3.63) is 5.82 Å². The maximum atomic E-state index is 11.8. The van der Waals surface area contributed by atoms with Crippen molar-refractivity contribution in [1.82, 2.24) is 14.8 Å². The van der Waals surface area contributed by atoms with Gasteiger partial charge in [0, 0.05) is 12.8 Å². The number of nitrogens with two attached hydrogens (primary N) is 1. The minimum atomic E-state index is -0.283. The highest BCUT2D eigenvalue weighted by Crippen LogP contribution is 2.15. The molecule has 0 spiro atoms. The first-order valence-electron chi connectivity index (χ1n) is 4.06. The molecule has 0 bridgehead atoms. The minimum absolute atomic E-state index is 0.283. The van der Waals surface area contributed by atoms with Gasteiger partial charge in [0.15, 0.2) is 5.16 Å². The number of aromatic nitrogens is 3. The van der Waals surface area contributed by atoms with E-state index in [1.807, 2.05) is 11.6 Å². The SMILES string of the molecule is Cn1c(CN)nnc1SCCCF. The molecule has 0 atom stereocenters. The molecule has 0 aliphatic rings. The summed E-state index contributed by atoms with van der Waals surface area (Å²) >= 11 is 1.50. The molecule has 0 aliphatic heterocycles. The van der Waals surface area contributed by atoms with Gasteiger partial charge < -0.3 is 10.3 Å². The Kier molecular flexibility index (Phi) is 4.17. The minimum Gasteiger partial charge on any atom is -0.324 e. The quantitative estimate of drug-likeness (QED) is 0.567. The lowest BCUT2D eigenvalue weighted by Gasteiger charge is -2.00. The van der Waals surface area contributed by atoms with Gasteiger partial charge in [-0.3, -0.25) is 4.39 Å². The van der Waals surface area contributed by atoms with E-state index in [-0.39, 0.29) is 6.67 Å². The van der Waals surface area contributed by atoms with Crippen molar-refractivity contribution >= 4 is 11.8 Å². The van der Waals surface area contributed by atoms with Crippen molar-refractivity contribution in [1.29, 1.82) is 0 Å². The maximum Gasteiger partial charge on any atom is 0.190 e. The van der Waals surface area contributed by atoms with Crippen LogP contribution in [0.5, 0.6) is 0 Å². The van der Waals surface area contributed by atoms with Gasteiger partial charge in [0.25, 0.3) is 0 Å². The number of nitrogens with zero attached hydrogens (tertiary/aromatic N) is 3. The predicted molar refractivity (Wildman–Crippen MR) is 50.2 cm³/mol. The number of hydrogen-bond donors (Lipinski definition) is 1. The summed E-state index contributed by atoms with van der Waals surface area (Å²) in [4.78, 5) is 0. The highest BCUT2D eigenvalue weighted by atomic mass is 32.2. The molecule has 1 rings (SSSR count). The van der Waals surface area contributed by atoms with Gasteiger partial charge in [-0.05, 0) is 6.42 Å². The van der Waals surface area contributed by atoms with E-state index in [0.717, 1.165) is 16.7 Å². The lowest BCUT2D eigenvalue weighted by molar-refractivity contribution is 0.489. The van der Waals surface area contributed by atoms with Gasteiger partial charge in [0.2, 0.25) is 0 Å². The average molecular weight is 204 g/mol. The molecule has 74 valence electrons. The Morgan fingerprint density at radius 2 is 2.31 bits per heavy atom. The third-order valence-electron chi connectivity index (χ3n) is 1.62. The zero-order valence-electron chi connectivity index (χ0n) is 7.53. The first-order chi connectivity index (χ1) is 6.29. The zero-order valence-corrected chi connectivity index (χ0v) is 8.35. The largest absolute Gasteiger partial charge is 0.324 e. The molecule has 0 saturated carbocycles. The van der Waals surface area contributed by atoms with Gasteiger partial charge in [0.05, 0.1) is 13.2 Å². The van der Waals surface area contributed by atoms with Crippen molar-refractivity contribution in [3.8, 4) is 0 Å². The highest BCUT2D eigenvalue weighted by molar-refractivity contribution is 7.99. The van der Waals surface area contributed by atoms with Crippen molar-refractivity contribution < 1.29 is 4.39 Å². The van der Waals surface area contributed by atoms with E-state index in [4.69, 9.17) is 5.73 Å². The summed E-state index contributed by atoms with van der Waals surface area (Å²) in [6, 6.07) is 0. The molecule has 1 heterocycles. The van der Waals surface area contributed by atoms with E-state index in [2.05, 4.69) is 10.2 Å². The lowest BCUT2D eigenvalue weighted by Crippen LogP contribution is -2.05. The van der Waals surface area contributed by atoms with Gasteiger partial charge in [-0.15, -0.1) is 10.2 Å². The highest BCUT2D eigenvalue weighted by Gasteiger charge is 2.06. The molecular weight excluding hydrogens is 191 g/mol. The molecule has 1 aromatic rings. The Morgan fingerprint density at radius 1 is 1.54 bits per heavy atom. The van der Waals surface area contributed by atoms with Gasteiger partial charge in [0.1, 0.15) is 5.82 Å². The smallest absolute Gasteiger partial charge is 0.190 e. The van der Waals surface area contributed by atoms with Crippen LogP contribution in [0.25, 0.3) is 0 Å². The van der Waals surface area contributed by atoms with E-state index < -0.39 is 0 Å². The monoisotopic (exact) mass is 204 g/mol. The number of alkyl halides is 1. The molecule has 1 aromatic heterocycles. The third kappa shape index (κ3) is 2.67. The van der Waals surface area contributed by atoms with Gasteiger partial charge in [-0.1, -0.05) is 11.8 Å². The summed E-state index contributed by atoms with van der Waals surface area (Å²) in [5.41, 5.74) is 5.43. The van der Waals surface area contributed by atoms with Crippen LogP contribution in [0.15, 0.2) is 5.16 Å². The van der Waals surface area contributed by atoms with Gasteiger partial charge >= 0.3 is 0 Å². The van der Waals surface area contributed by atoms with Crippen LogP contribution >= 0.6 is 11.8 Å². The number of thioether (sulfide) groups is 1. The topological polar surface area (TPSA) is 56.7 Å². The molecule has 0 saturated heterocycles. The molecule has 0 amide bonds. The molecule has 13 heavy (non-hydrogen) atoms. The summed E-state index contributed by atoms with van der Waals surface area (Å²) < 4.78 is 13.6. The molecule has 6 heteroatoms. The summed E-state index contributed by atoms with van der Waals surface area (Å²) in [5, 5.41) is 8.62. The van der Waals surface area contributed by atoms with E-state index in [0.29, 0.717) is 13.0 Å². The molecule has 2 N–H and O–H groups in total. The van der Waals surface area contributed by atoms with Crippen LogP contribution in [0.4, 0.5) is 4.39 Å². The molecule has 0 aliphatic carbocycles. The van der Waals surface area contributed by atoms with Crippen LogP contribution in [0.1, 0.15) is 12.2 Å². The standard InChI is InChI=1S/C7H13FN4S/c1-12-6(5-9)10-11-7(12)13-4-2-3-8/h2-5,9H2,1H3. The summed E-state index contributed by atoms with van der Waals surface area (Å²) in [6.45, 7) is 0.0990. The van der Waals surface area contributed by atoms with Crippen LogP contribution < -0.4 is 5.73 Å². The zero-order chi connectivity index (χ0) is 9.68. The Hall–Kier alpha value is -0.620. The van der Waals surface area contributed by atoms with E-state index in [1.54, 1.807) is 0 Å². The normalized spacial score (nSPS) is 10.7. The van der Waals surface area contributed by atoms with E-state index >= 15 is 0 Å². The first kappa shape index (κ1) is 10.5. The van der Waals surface area contributed by atoms with Crippen LogP contribution in [0.3, 0.4) is 0 Å². The van der Waals surface area contributed by atoms with E-state index in [1.165, 1.54) is 11.8 Å². The second-order valence-electron chi connectivity index (χ2n) is 2.55. The second kappa shape index (κ2) is 5.18. The fourth-order valence-corrected chi connectivity index (χ4v) is 1.70. The fraction of sp³-hybridized carbons (Fsp3) is 0.714. The molecular formula is C7H13FN4S. The molecule has 0 fully saturated rings. The summed E-state index contributed by atoms with van der Waals surface area (Å²) in [7, 11) is 1.86. The Labute approximate surface area is 80.7 Å². The number of hydrogen-bond acceptors (Lipinski definition) is 4.